The molecule has 3 rings (SSSR count). The van der Waals surface area contributed by atoms with Gasteiger partial charge in [-0.05, 0) is 31.9 Å². The molecule has 3 heterocycles. The molecule has 0 saturated carbocycles. The van der Waals surface area contributed by atoms with Crippen LogP contribution in [0.25, 0.3) is 5.95 Å². The third kappa shape index (κ3) is 2.44. The average molecular weight is 296 g/mol. The van der Waals surface area contributed by atoms with Crippen molar-refractivity contribution in [3.05, 3.63) is 17.9 Å². The van der Waals surface area contributed by atoms with Crippen molar-refractivity contribution in [2.24, 2.45) is 0 Å². The highest BCUT2D eigenvalue weighted by molar-refractivity contribution is 6.28. The van der Waals surface area contributed by atoms with Crippen molar-refractivity contribution in [2.75, 3.05) is 11.9 Å². The molecule has 106 valence electrons. The normalized spacial score (nSPS) is 25.9. The van der Waals surface area contributed by atoms with E-state index in [9.17, 15) is 0 Å². The zero-order valence-corrected chi connectivity index (χ0v) is 11.9. The van der Waals surface area contributed by atoms with Crippen molar-refractivity contribution < 1.29 is 4.74 Å². The Bertz CT molecular complexity index is 605. The van der Waals surface area contributed by atoms with Gasteiger partial charge in [0.15, 0.2) is 0 Å². The summed E-state index contributed by atoms with van der Waals surface area (Å²) in [5.74, 6) is 0.718. The standard InChI is InChI=1S/C11H14ClN7O/c1-7-11(2,3-4-20-7)18-9-15-8(12)16-10(17-9)19-6-13-5-14-19/h5-7H,3-4H2,1-2H3,(H,15,16,17,18). The minimum absolute atomic E-state index is 0.0628. The molecule has 0 amide bonds. The lowest BCUT2D eigenvalue weighted by atomic mass is 9.95. The molecule has 2 unspecified atom stereocenters. The number of hydrogen-bond acceptors (Lipinski definition) is 7. The average Bonchev–Trinajstić information content (AvgIpc) is 3.00. The summed E-state index contributed by atoms with van der Waals surface area (Å²) in [6, 6.07) is 0. The third-order valence-electron chi connectivity index (χ3n) is 3.50. The summed E-state index contributed by atoms with van der Waals surface area (Å²) >= 11 is 5.94. The third-order valence-corrected chi connectivity index (χ3v) is 3.67. The first-order chi connectivity index (χ1) is 9.57. The molecule has 2 aromatic heterocycles. The van der Waals surface area contributed by atoms with Crippen LogP contribution in [0.5, 0.6) is 0 Å². The van der Waals surface area contributed by atoms with Gasteiger partial charge in [0.25, 0.3) is 5.95 Å². The summed E-state index contributed by atoms with van der Waals surface area (Å²) in [5.41, 5.74) is -0.232. The number of anilines is 1. The minimum atomic E-state index is -0.232. The number of ether oxygens (including phenoxy) is 1. The zero-order chi connectivity index (χ0) is 14.2. The molecule has 0 spiro atoms. The van der Waals surface area contributed by atoms with Crippen molar-refractivity contribution in [1.29, 1.82) is 0 Å². The molecule has 1 N–H and O–H groups in total. The number of aromatic nitrogens is 6. The number of nitrogens with zero attached hydrogens (tertiary/aromatic N) is 6. The van der Waals surface area contributed by atoms with E-state index < -0.39 is 0 Å². The van der Waals surface area contributed by atoms with Crippen LogP contribution in [0.15, 0.2) is 12.7 Å². The van der Waals surface area contributed by atoms with Crippen molar-refractivity contribution >= 4 is 17.5 Å². The van der Waals surface area contributed by atoms with E-state index in [1.165, 1.54) is 17.3 Å². The molecule has 2 atom stereocenters. The molecule has 1 aliphatic heterocycles. The second-order valence-corrected chi connectivity index (χ2v) is 5.21. The first-order valence-electron chi connectivity index (χ1n) is 6.23. The molecule has 1 saturated heterocycles. The van der Waals surface area contributed by atoms with Gasteiger partial charge in [-0.2, -0.15) is 24.7 Å². The van der Waals surface area contributed by atoms with E-state index in [0.717, 1.165) is 6.42 Å². The van der Waals surface area contributed by atoms with Gasteiger partial charge < -0.3 is 10.1 Å². The van der Waals surface area contributed by atoms with Gasteiger partial charge in [0, 0.05) is 6.61 Å². The second-order valence-electron chi connectivity index (χ2n) is 4.87. The maximum Gasteiger partial charge on any atom is 0.258 e. The van der Waals surface area contributed by atoms with Crippen LogP contribution in [0, 0.1) is 0 Å². The highest BCUT2D eigenvalue weighted by Gasteiger charge is 2.37. The highest BCUT2D eigenvalue weighted by Crippen LogP contribution is 2.28. The van der Waals surface area contributed by atoms with Crippen molar-refractivity contribution in [2.45, 2.75) is 31.9 Å². The number of hydrogen-bond donors (Lipinski definition) is 1. The molecule has 8 nitrogen and oxygen atoms in total. The first kappa shape index (κ1) is 13.2. The van der Waals surface area contributed by atoms with E-state index in [0.29, 0.717) is 18.5 Å². The van der Waals surface area contributed by atoms with Gasteiger partial charge in [0.2, 0.25) is 11.2 Å². The van der Waals surface area contributed by atoms with Crippen molar-refractivity contribution in [3.8, 4) is 5.95 Å². The van der Waals surface area contributed by atoms with Gasteiger partial charge in [-0.3, -0.25) is 0 Å². The summed E-state index contributed by atoms with van der Waals surface area (Å²) in [5, 5.41) is 7.35. The van der Waals surface area contributed by atoms with Crippen LogP contribution in [0.3, 0.4) is 0 Å². The predicted molar refractivity (Wildman–Crippen MR) is 71.8 cm³/mol. The Labute approximate surface area is 120 Å². The Hall–Kier alpha value is -1.80. The molecule has 1 aliphatic rings. The maximum atomic E-state index is 5.94. The number of halogens is 1. The summed E-state index contributed by atoms with van der Waals surface area (Å²) in [6.07, 6.45) is 3.83. The van der Waals surface area contributed by atoms with Crippen LogP contribution in [-0.4, -0.2) is 48.0 Å². The fraction of sp³-hybridized carbons (Fsp3) is 0.545. The minimum Gasteiger partial charge on any atom is -0.376 e. The maximum absolute atomic E-state index is 5.94. The van der Waals surface area contributed by atoms with Crippen LogP contribution in [-0.2, 0) is 4.74 Å². The van der Waals surface area contributed by atoms with Crippen LogP contribution in [0.1, 0.15) is 20.3 Å². The molecule has 0 aromatic carbocycles. The largest absolute Gasteiger partial charge is 0.376 e. The van der Waals surface area contributed by atoms with Gasteiger partial charge in [-0.15, -0.1) is 0 Å². The van der Waals surface area contributed by atoms with E-state index in [-0.39, 0.29) is 16.9 Å². The van der Waals surface area contributed by atoms with Crippen molar-refractivity contribution in [3.63, 3.8) is 0 Å². The molecule has 0 aliphatic carbocycles. The van der Waals surface area contributed by atoms with Gasteiger partial charge >= 0.3 is 0 Å². The first-order valence-corrected chi connectivity index (χ1v) is 6.61. The summed E-state index contributed by atoms with van der Waals surface area (Å²) in [7, 11) is 0. The zero-order valence-electron chi connectivity index (χ0n) is 11.1. The number of rotatable bonds is 3. The predicted octanol–water partition coefficient (Wildman–Crippen LogP) is 1.09. The summed E-state index contributed by atoms with van der Waals surface area (Å²) < 4.78 is 7.01. The van der Waals surface area contributed by atoms with Crippen LogP contribution in [0.2, 0.25) is 5.28 Å². The molecule has 2 aromatic rings. The Morgan fingerprint density at radius 2 is 2.30 bits per heavy atom. The monoisotopic (exact) mass is 295 g/mol. The Kier molecular flexibility index (Phi) is 3.27. The summed E-state index contributed by atoms with van der Waals surface area (Å²) in [6.45, 7) is 4.79. The van der Waals surface area contributed by atoms with Gasteiger partial charge in [-0.1, -0.05) is 0 Å². The molecular formula is C11H14ClN7O. The summed E-state index contributed by atoms with van der Waals surface area (Å²) in [4.78, 5) is 16.3. The fourth-order valence-electron chi connectivity index (χ4n) is 2.06. The number of nitrogens with one attached hydrogen (secondary N) is 1. The van der Waals surface area contributed by atoms with E-state index >= 15 is 0 Å². The second kappa shape index (κ2) is 4.95. The van der Waals surface area contributed by atoms with Gasteiger partial charge in [0.1, 0.15) is 12.7 Å². The van der Waals surface area contributed by atoms with Gasteiger partial charge in [0.05, 0.1) is 11.6 Å². The Balaban J connectivity index is 1.90. The molecule has 1 fully saturated rings. The van der Waals surface area contributed by atoms with Crippen LogP contribution < -0.4 is 5.32 Å². The fourth-order valence-corrected chi connectivity index (χ4v) is 2.22. The van der Waals surface area contributed by atoms with E-state index in [1.807, 2.05) is 6.92 Å². The van der Waals surface area contributed by atoms with Crippen LogP contribution >= 0.6 is 11.6 Å². The molecule has 9 heteroatoms. The molecule has 0 radical (unpaired) electrons. The Morgan fingerprint density at radius 1 is 1.45 bits per heavy atom. The highest BCUT2D eigenvalue weighted by atomic mass is 35.5. The molecule has 0 bridgehead atoms. The quantitative estimate of drug-likeness (QED) is 0.906. The lowest BCUT2D eigenvalue weighted by Crippen LogP contribution is -2.41. The van der Waals surface area contributed by atoms with E-state index in [2.05, 4.69) is 37.3 Å². The van der Waals surface area contributed by atoms with Gasteiger partial charge in [-0.25, -0.2) is 4.98 Å². The van der Waals surface area contributed by atoms with E-state index in [1.54, 1.807) is 0 Å². The van der Waals surface area contributed by atoms with E-state index in [4.69, 9.17) is 16.3 Å². The van der Waals surface area contributed by atoms with Crippen LogP contribution in [0.4, 0.5) is 5.95 Å². The SMILES string of the molecule is CC1OCCC1(C)Nc1nc(Cl)nc(-n2cncn2)n1. The molecule has 20 heavy (non-hydrogen) atoms. The molecular weight excluding hydrogens is 282 g/mol. The smallest absolute Gasteiger partial charge is 0.258 e. The lowest BCUT2D eigenvalue weighted by Gasteiger charge is -2.28. The topological polar surface area (TPSA) is 90.6 Å². The lowest BCUT2D eigenvalue weighted by molar-refractivity contribution is 0.105. The Morgan fingerprint density at radius 3 is 2.95 bits per heavy atom. The van der Waals surface area contributed by atoms with Crippen molar-refractivity contribution in [1.82, 2.24) is 29.7 Å².